The molecule has 14 aliphatic rings. The molecule has 0 spiro atoms. The van der Waals surface area contributed by atoms with E-state index in [9.17, 15) is 0 Å². The van der Waals surface area contributed by atoms with E-state index in [0.717, 1.165) is 96.3 Å². The van der Waals surface area contributed by atoms with Crippen LogP contribution in [0.25, 0.3) is 5.57 Å². The average Bonchev–Trinajstić information content (AvgIpc) is 4.12. The van der Waals surface area contributed by atoms with Gasteiger partial charge < -0.3 is 0 Å². The van der Waals surface area contributed by atoms with Gasteiger partial charge in [-0.2, -0.15) is 0 Å². The van der Waals surface area contributed by atoms with Gasteiger partial charge in [-0.05, 0) is 49.7 Å². The molecule has 0 aliphatic heterocycles. The van der Waals surface area contributed by atoms with E-state index in [2.05, 4.69) is 225 Å². The Morgan fingerprint density at radius 3 is 2.15 bits per heavy atom. The molecule has 0 heterocycles. The molecule has 0 amide bonds. The quantitative estimate of drug-likeness (QED) is 0.169. The average molecular weight is 1180 g/mol. The molecule has 5 unspecified atom stereocenters. The van der Waals surface area contributed by atoms with E-state index in [1.807, 2.05) is 0 Å². The van der Waals surface area contributed by atoms with E-state index in [1.165, 1.54) is 62.4 Å². The van der Waals surface area contributed by atoms with Crippen molar-refractivity contribution in [3.8, 4) is 0 Å². The van der Waals surface area contributed by atoms with Crippen LogP contribution in [-0.4, -0.2) is 14.9 Å². The van der Waals surface area contributed by atoms with Crippen LogP contribution in [0.1, 0.15) is 133 Å². The Bertz CT molecular complexity index is 3890. The van der Waals surface area contributed by atoms with Gasteiger partial charge in [-0.25, -0.2) is 0 Å². The molecule has 0 bridgehead atoms. The third-order valence-electron chi connectivity index (χ3n) is 21.0. The molecule has 0 aromatic heterocycles. The summed E-state index contributed by atoms with van der Waals surface area (Å²) < 4.78 is 3.88. The monoisotopic (exact) mass is 1180 g/mol. The molecular formula is C80H76IN. The van der Waals surface area contributed by atoms with Crippen molar-refractivity contribution in [3.63, 3.8) is 0 Å². The molecule has 2 heteroatoms. The van der Waals surface area contributed by atoms with E-state index in [-0.39, 0.29) is 16.9 Å². The molecule has 0 radical (unpaired) electrons. The van der Waals surface area contributed by atoms with Crippen LogP contribution in [0.5, 0.6) is 0 Å². The van der Waals surface area contributed by atoms with Crippen LogP contribution < -0.4 is 0 Å². The number of fused-ring (bicyclic) bond motifs is 3. The number of benzene rings is 2. The fourth-order valence-corrected chi connectivity index (χ4v) is 25.4. The van der Waals surface area contributed by atoms with Gasteiger partial charge in [-0.15, -0.1) is 0 Å². The fraction of sp³-hybridized carbons (Fsp3) is 0.300. The summed E-state index contributed by atoms with van der Waals surface area (Å²) in [4.78, 5) is 2.89. The van der Waals surface area contributed by atoms with Gasteiger partial charge in [-0.1, -0.05) is 42.5 Å². The molecule has 14 aliphatic carbocycles. The summed E-state index contributed by atoms with van der Waals surface area (Å²) in [7, 11) is 0. The van der Waals surface area contributed by atoms with Crippen LogP contribution >= 0.6 is 19.8 Å². The van der Waals surface area contributed by atoms with Gasteiger partial charge in [0.05, 0.1) is 0 Å². The van der Waals surface area contributed by atoms with Gasteiger partial charge in [0.1, 0.15) is 0 Å². The summed E-state index contributed by atoms with van der Waals surface area (Å²) in [5, 5.41) is 0. The van der Waals surface area contributed by atoms with Gasteiger partial charge in [-0.3, -0.25) is 0 Å². The Morgan fingerprint density at radius 1 is 0.549 bits per heavy atom. The molecule has 408 valence electrons. The van der Waals surface area contributed by atoms with Crippen LogP contribution in [0.3, 0.4) is 0 Å². The Morgan fingerprint density at radius 2 is 1.30 bits per heavy atom. The van der Waals surface area contributed by atoms with Crippen molar-refractivity contribution in [1.82, 2.24) is 4.90 Å². The zero-order valence-corrected chi connectivity index (χ0v) is 50.2. The van der Waals surface area contributed by atoms with Gasteiger partial charge in [0.2, 0.25) is 0 Å². The zero-order valence-electron chi connectivity index (χ0n) is 48.1. The Hall–Kier alpha value is -6.75. The number of rotatable bonds is 10. The number of alkyl halides is 1. The van der Waals surface area contributed by atoms with Crippen molar-refractivity contribution < 1.29 is 0 Å². The minimum absolute atomic E-state index is 0.194. The fourth-order valence-electron chi connectivity index (χ4n) is 17.7. The summed E-state index contributed by atoms with van der Waals surface area (Å²) in [6.45, 7) is 4.77. The van der Waals surface area contributed by atoms with E-state index in [0.29, 0.717) is 15.8 Å². The van der Waals surface area contributed by atoms with Crippen molar-refractivity contribution >= 4 is 25.4 Å². The third-order valence-corrected chi connectivity index (χ3v) is 27.9. The molecule has 0 fully saturated rings. The number of allylic oxidation sites excluding steroid dienone is 41. The second-order valence-corrected chi connectivity index (χ2v) is 31.2. The standard InChI is InChI=1S/C80H76IN/c1-53-21-17-29-61(49-53)81(62-30-19-27-59(51-62)79(57-23-5-3-6-24-57)71-37-13-9-33-65(71)66-34-10-14-38-72(66)79)75-47-43-55-42-46-70-76(48-44-56-41-45-69(75)77(55)78(56)70)82(63-31-18-22-54(2)50-63)64-32-20-28-60(52-64)80(58-25-7-4-8-26-58)73-39-15-11-35-67(73)68-36-12-16-40-74(68)80/h3,5-7,9-11,13,16,19-20,23-35,37,40-43,45-47,49-50,62,64,69,77H,4,8,12,14-15,17-18,21-22,36,38-39,44,48,51-52H2,1-2H3/t62?,64?,69?,77-,79?,80?/m1/s1. The molecule has 2 aromatic carbocycles. The van der Waals surface area contributed by atoms with Crippen molar-refractivity contribution in [2.24, 2.45) is 17.3 Å². The van der Waals surface area contributed by atoms with Crippen molar-refractivity contribution in [2.45, 2.75) is 132 Å². The minimum atomic E-state index is -2.18. The number of halogens is 1. The summed E-state index contributed by atoms with van der Waals surface area (Å²) in [5.41, 5.74) is 30.1. The molecule has 82 heavy (non-hydrogen) atoms. The first kappa shape index (κ1) is 50.9. The van der Waals surface area contributed by atoms with Crippen molar-refractivity contribution in [2.75, 3.05) is 0 Å². The molecule has 1 nitrogen and oxygen atoms in total. The van der Waals surface area contributed by atoms with Crippen LogP contribution in [0, 0.1) is 17.3 Å². The molecule has 0 saturated carbocycles. The number of hydrogen-bond donors (Lipinski definition) is 0. The SMILES string of the molecule is CC1=CC(N(C2=C3C=CC4=CC=C(I(C5=CCCC(C)=C5)C5C=CC=C(C6(c7ccccc7)C7=C(C=CCC7)c7ccccc76)C5)C5C=CC(=C3[C@H]45)CC2)C2C=CC=C(C3(C4=CCCC=C4)C4=C(CCC=C4)C4=C3CCC=C4)C2)=CCC1. The Labute approximate surface area is 495 Å². The van der Waals surface area contributed by atoms with Crippen LogP contribution in [0.15, 0.2) is 303 Å². The van der Waals surface area contributed by atoms with E-state index in [4.69, 9.17) is 0 Å². The Kier molecular flexibility index (Phi) is 12.8. The van der Waals surface area contributed by atoms with Crippen molar-refractivity contribution in [3.05, 3.63) is 320 Å². The second-order valence-electron chi connectivity index (χ2n) is 25.4. The second kappa shape index (κ2) is 20.5. The summed E-state index contributed by atoms with van der Waals surface area (Å²) in [5.74, 6) is 0.657. The first-order valence-corrected chi connectivity index (χ1v) is 34.9. The number of nitrogens with zero attached hydrogens (tertiary/aromatic N) is 1. The molecule has 0 saturated heterocycles. The molecule has 2 aromatic rings. The molecular weight excluding hydrogens is 1100 g/mol. The predicted octanol–water partition coefficient (Wildman–Crippen LogP) is 20.8. The normalized spacial score (nSPS) is 30.1. The van der Waals surface area contributed by atoms with Crippen molar-refractivity contribution in [1.29, 1.82) is 0 Å². The predicted molar refractivity (Wildman–Crippen MR) is 353 cm³/mol. The summed E-state index contributed by atoms with van der Waals surface area (Å²) in [6.07, 6.45) is 81.8. The topological polar surface area (TPSA) is 3.24 Å². The van der Waals surface area contributed by atoms with Crippen LogP contribution in [0.4, 0.5) is 0 Å². The van der Waals surface area contributed by atoms with E-state index >= 15 is 0 Å². The molecule has 0 N–H and O–H groups in total. The van der Waals surface area contributed by atoms with Crippen LogP contribution in [-0.2, 0) is 5.41 Å². The first-order valence-electron chi connectivity index (χ1n) is 31.5. The van der Waals surface area contributed by atoms with E-state index in [1.54, 1.807) is 62.9 Å². The zero-order chi connectivity index (χ0) is 54.5. The molecule has 6 atom stereocenters. The summed E-state index contributed by atoms with van der Waals surface area (Å²) in [6, 6.07) is 21.3. The van der Waals surface area contributed by atoms with Gasteiger partial charge in [0, 0.05) is 0 Å². The maximum absolute atomic E-state index is 2.89. The third kappa shape index (κ3) is 7.81. The summed E-state index contributed by atoms with van der Waals surface area (Å²) >= 11 is -2.18. The first-order chi connectivity index (χ1) is 40.5. The Balaban J connectivity index is 0.786. The van der Waals surface area contributed by atoms with Crippen LogP contribution in [0.2, 0.25) is 0 Å². The van der Waals surface area contributed by atoms with Gasteiger partial charge >= 0.3 is 407 Å². The number of hydrogen-bond acceptors (Lipinski definition) is 1. The molecule has 16 rings (SSSR count). The maximum atomic E-state index is 2.89. The van der Waals surface area contributed by atoms with Gasteiger partial charge in [0.15, 0.2) is 0 Å². The van der Waals surface area contributed by atoms with Gasteiger partial charge in [0.25, 0.3) is 0 Å². The van der Waals surface area contributed by atoms with E-state index < -0.39 is 19.8 Å².